The van der Waals surface area contributed by atoms with Crippen molar-refractivity contribution < 1.29 is 14.2 Å². The van der Waals surface area contributed by atoms with E-state index < -0.39 is 23.1 Å². The zero-order valence-corrected chi connectivity index (χ0v) is 20.3. The molecular formula is C28H23FN4O4. The molecule has 186 valence electrons. The van der Waals surface area contributed by atoms with E-state index in [2.05, 4.69) is 5.32 Å². The molecule has 3 heterocycles. The largest absolute Gasteiger partial charge is 0.504 e. The van der Waals surface area contributed by atoms with Crippen molar-refractivity contribution in [3.63, 3.8) is 0 Å². The molecule has 0 aliphatic carbocycles. The predicted molar refractivity (Wildman–Crippen MR) is 139 cm³/mol. The number of para-hydroxylation sites is 2. The Morgan fingerprint density at radius 1 is 0.973 bits per heavy atom. The highest BCUT2D eigenvalue weighted by atomic mass is 19.1. The van der Waals surface area contributed by atoms with E-state index in [0.29, 0.717) is 22.6 Å². The Kier molecular flexibility index (Phi) is 4.98. The summed E-state index contributed by atoms with van der Waals surface area (Å²) in [6.07, 6.45) is 0. The molecule has 0 amide bonds. The first-order valence-corrected chi connectivity index (χ1v) is 11.7. The molecule has 0 unspecified atom stereocenters. The summed E-state index contributed by atoms with van der Waals surface area (Å²) in [7, 11) is 4.48. The van der Waals surface area contributed by atoms with Gasteiger partial charge in [0.1, 0.15) is 5.82 Å². The third-order valence-corrected chi connectivity index (χ3v) is 6.99. The molecule has 2 aromatic heterocycles. The van der Waals surface area contributed by atoms with E-state index >= 15 is 4.39 Å². The van der Waals surface area contributed by atoms with Gasteiger partial charge in [-0.2, -0.15) is 0 Å². The SMILES string of the molecule is COc1cc([C@H]2Nc3ccccc3-n3c(-c4ccccc4F)c4c(=O)n(C)c(=O)n(C)c4c32)ccc1O. The quantitative estimate of drug-likeness (QED) is 0.392. The van der Waals surface area contributed by atoms with Crippen LogP contribution in [0.25, 0.3) is 27.8 Å². The van der Waals surface area contributed by atoms with Gasteiger partial charge >= 0.3 is 5.69 Å². The number of rotatable bonds is 3. The number of nitrogens with one attached hydrogen (secondary N) is 1. The summed E-state index contributed by atoms with van der Waals surface area (Å²) in [6.45, 7) is 0. The van der Waals surface area contributed by atoms with Crippen molar-refractivity contribution in [1.82, 2.24) is 13.7 Å². The van der Waals surface area contributed by atoms with Crippen LogP contribution in [0.5, 0.6) is 11.5 Å². The molecule has 0 radical (unpaired) electrons. The van der Waals surface area contributed by atoms with Crippen LogP contribution >= 0.6 is 0 Å². The van der Waals surface area contributed by atoms with Crippen LogP contribution in [0.1, 0.15) is 17.3 Å². The highest BCUT2D eigenvalue weighted by molar-refractivity contribution is 5.99. The van der Waals surface area contributed by atoms with E-state index in [9.17, 15) is 14.7 Å². The lowest BCUT2D eigenvalue weighted by Crippen LogP contribution is -2.37. The smallest absolute Gasteiger partial charge is 0.331 e. The van der Waals surface area contributed by atoms with E-state index in [0.717, 1.165) is 15.8 Å². The Labute approximate surface area is 210 Å². The molecule has 37 heavy (non-hydrogen) atoms. The number of aromatic nitrogens is 3. The second-order valence-electron chi connectivity index (χ2n) is 9.00. The number of halogens is 1. The van der Waals surface area contributed by atoms with Crippen LogP contribution in [0.2, 0.25) is 0 Å². The summed E-state index contributed by atoms with van der Waals surface area (Å²) >= 11 is 0. The Morgan fingerprint density at radius 3 is 2.46 bits per heavy atom. The first-order valence-electron chi connectivity index (χ1n) is 11.7. The lowest BCUT2D eigenvalue weighted by molar-refractivity contribution is 0.373. The Bertz CT molecular complexity index is 1850. The Morgan fingerprint density at radius 2 is 1.70 bits per heavy atom. The van der Waals surface area contributed by atoms with Crippen molar-refractivity contribution in [1.29, 1.82) is 0 Å². The minimum absolute atomic E-state index is 0.0176. The van der Waals surface area contributed by atoms with Crippen LogP contribution in [0, 0.1) is 5.82 Å². The maximum absolute atomic E-state index is 15.4. The van der Waals surface area contributed by atoms with E-state index in [4.69, 9.17) is 4.74 Å². The van der Waals surface area contributed by atoms with Gasteiger partial charge in [0.2, 0.25) is 0 Å². The lowest BCUT2D eigenvalue weighted by atomic mass is 9.99. The number of hydrogen-bond acceptors (Lipinski definition) is 5. The van der Waals surface area contributed by atoms with Crippen LogP contribution < -0.4 is 21.3 Å². The average Bonchev–Trinajstić information content (AvgIpc) is 3.27. The minimum Gasteiger partial charge on any atom is -0.504 e. The van der Waals surface area contributed by atoms with Gasteiger partial charge in [0.15, 0.2) is 11.5 Å². The molecule has 2 N–H and O–H groups in total. The second kappa shape index (κ2) is 8.12. The van der Waals surface area contributed by atoms with Crippen molar-refractivity contribution in [2.45, 2.75) is 6.04 Å². The fourth-order valence-electron chi connectivity index (χ4n) is 5.25. The van der Waals surface area contributed by atoms with E-state index in [-0.39, 0.29) is 22.4 Å². The maximum atomic E-state index is 15.4. The molecule has 1 atom stereocenters. The molecule has 8 nitrogen and oxygen atoms in total. The maximum Gasteiger partial charge on any atom is 0.331 e. The molecule has 5 aromatic rings. The summed E-state index contributed by atoms with van der Waals surface area (Å²) in [5, 5.41) is 14.0. The van der Waals surface area contributed by atoms with Gasteiger partial charge in [0.25, 0.3) is 5.56 Å². The third-order valence-electron chi connectivity index (χ3n) is 6.99. The molecule has 9 heteroatoms. The monoisotopic (exact) mass is 498 g/mol. The van der Waals surface area contributed by atoms with Crippen LogP contribution in [0.4, 0.5) is 10.1 Å². The van der Waals surface area contributed by atoms with Gasteiger partial charge in [-0.15, -0.1) is 0 Å². The summed E-state index contributed by atoms with van der Waals surface area (Å²) in [4.78, 5) is 26.8. The number of fused-ring (bicyclic) bond motifs is 5. The molecule has 0 spiro atoms. The highest BCUT2D eigenvalue weighted by Crippen LogP contribution is 2.46. The van der Waals surface area contributed by atoms with Crippen molar-refractivity contribution in [3.05, 3.63) is 105 Å². The molecule has 3 aromatic carbocycles. The third kappa shape index (κ3) is 3.13. The van der Waals surface area contributed by atoms with Crippen molar-refractivity contribution in [2.75, 3.05) is 12.4 Å². The first-order chi connectivity index (χ1) is 17.8. The minimum atomic E-state index is -0.565. The van der Waals surface area contributed by atoms with E-state index in [1.54, 1.807) is 37.4 Å². The van der Waals surface area contributed by atoms with Crippen molar-refractivity contribution in [2.24, 2.45) is 14.1 Å². The number of hydrogen-bond donors (Lipinski definition) is 2. The lowest BCUT2D eigenvalue weighted by Gasteiger charge is -2.31. The topological polar surface area (TPSA) is 90.4 Å². The number of nitrogens with zero attached hydrogens (tertiary/aromatic N) is 3. The Balaban J connectivity index is 1.85. The molecule has 0 fully saturated rings. The zero-order chi connectivity index (χ0) is 26.0. The average molecular weight is 499 g/mol. The van der Waals surface area contributed by atoms with Crippen LogP contribution in [0.3, 0.4) is 0 Å². The van der Waals surface area contributed by atoms with Gasteiger partial charge < -0.3 is 19.7 Å². The van der Waals surface area contributed by atoms with Crippen LogP contribution in [-0.4, -0.2) is 25.9 Å². The first kappa shape index (κ1) is 22.7. The number of phenolic OH excluding ortho intramolecular Hbond substituents is 1. The summed E-state index contributed by atoms with van der Waals surface area (Å²) in [5.41, 5.74) is 2.78. The summed E-state index contributed by atoms with van der Waals surface area (Å²) in [5.74, 6) is -0.227. The second-order valence-corrected chi connectivity index (χ2v) is 9.00. The molecule has 6 rings (SSSR count). The highest BCUT2D eigenvalue weighted by Gasteiger charge is 2.35. The number of methoxy groups -OCH3 is 1. The van der Waals surface area contributed by atoms with Crippen LogP contribution in [0.15, 0.2) is 76.3 Å². The number of benzene rings is 3. The molecule has 0 saturated carbocycles. The van der Waals surface area contributed by atoms with E-state index in [1.807, 2.05) is 28.8 Å². The van der Waals surface area contributed by atoms with Crippen LogP contribution in [-0.2, 0) is 14.1 Å². The molecule has 1 aliphatic heterocycles. The van der Waals surface area contributed by atoms with Crippen molar-refractivity contribution in [3.8, 4) is 28.4 Å². The number of aromatic hydroxyl groups is 1. The Hall–Kier alpha value is -4.79. The standard InChI is InChI=1S/C28H23FN4O4/c1-31-25-22(27(35)32(2)28(31)36)24(16-8-4-5-9-17(16)29)33-19-11-7-6-10-18(19)30-23(26(25)33)15-12-13-20(34)21(14-15)37-3/h4-14,23,30,34H,1-3H3/t23-/m1/s1. The van der Waals surface area contributed by atoms with Gasteiger partial charge in [-0.05, 0) is 42.0 Å². The number of phenols is 1. The molecular weight excluding hydrogens is 475 g/mol. The molecule has 0 saturated heterocycles. The van der Waals surface area contributed by atoms with Gasteiger partial charge in [0.05, 0.1) is 46.8 Å². The van der Waals surface area contributed by atoms with Gasteiger partial charge in [-0.3, -0.25) is 13.9 Å². The zero-order valence-electron chi connectivity index (χ0n) is 20.3. The predicted octanol–water partition coefficient (Wildman–Crippen LogP) is 4.06. The fraction of sp³-hybridized carbons (Fsp3) is 0.143. The number of anilines is 1. The summed E-state index contributed by atoms with van der Waals surface area (Å²) in [6, 6.07) is 18.2. The van der Waals surface area contributed by atoms with Gasteiger partial charge in [-0.1, -0.05) is 30.3 Å². The van der Waals surface area contributed by atoms with E-state index in [1.165, 1.54) is 30.9 Å². The van der Waals surface area contributed by atoms with Crippen molar-refractivity contribution >= 4 is 16.6 Å². The normalized spacial score (nSPS) is 14.2. The van der Waals surface area contributed by atoms with Gasteiger partial charge in [-0.25, -0.2) is 9.18 Å². The molecule has 0 bridgehead atoms. The van der Waals surface area contributed by atoms with Gasteiger partial charge in [0, 0.05) is 19.7 Å². The number of ether oxygens (including phenoxy) is 1. The molecule has 1 aliphatic rings. The summed E-state index contributed by atoms with van der Waals surface area (Å²) < 4.78 is 25.0. The number of aryl methyl sites for hydroxylation is 1. The fourth-order valence-corrected chi connectivity index (χ4v) is 5.25.